The Hall–Kier alpha value is -3.31. The fourth-order valence-corrected chi connectivity index (χ4v) is 3.41. The number of halogens is 1. The molecule has 0 aliphatic heterocycles. The molecular weight excluding hydrogens is 412 g/mol. The zero-order valence-corrected chi connectivity index (χ0v) is 18.1. The molecule has 4 rings (SSSR count). The first kappa shape index (κ1) is 20.9. The third-order valence-electron chi connectivity index (χ3n) is 5.17. The second-order valence-corrected chi connectivity index (χ2v) is 7.86. The number of amides is 1. The number of rotatable bonds is 7. The highest BCUT2D eigenvalue weighted by Crippen LogP contribution is 2.28. The minimum absolute atomic E-state index is 0.0761. The lowest BCUT2D eigenvalue weighted by atomic mass is 9.99. The van der Waals surface area contributed by atoms with Crippen LogP contribution < -0.4 is 10.1 Å². The number of anilines is 1. The number of carbonyl (C=O) groups excluding carboxylic acids is 1. The van der Waals surface area contributed by atoms with Gasteiger partial charge in [0.15, 0.2) is 12.2 Å². The summed E-state index contributed by atoms with van der Waals surface area (Å²) in [6.45, 7) is 4.27. The number of ether oxygens (including phenoxy) is 1. The molecule has 0 spiro atoms. The average Bonchev–Trinajstić information content (AvgIpc) is 3.21. The molecule has 0 aliphatic rings. The second kappa shape index (κ2) is 9.23. The van der Waals surface area contributed by atoms with Crippen LogP contribution in [0.4, 0.5) is 5.69 Å². The molecule has 5 nitrogen and oxygen atoms in total. The first-order valence-corrected chi connectivity index (χ1v) is 10.6. The van der Waals surface area contributed by atoms with Crippen LogP contribution in [-0.4, -0.2) is 17.5 Å². The number of carbonyl (C=O) groups is 1. The Morgan fingerprint density at radius 2 is 1.94 bits per heavy atom. The molecule has 31 heavy (non-hydrogen) atoms. The number of hydrogen-bond donors (Lipinski definition) is 1. The summed E-state index contributed by atoms with van der Waals surface area (Å²) in [6.07, 6.45) is 1.08. The first-order valence-electron chi connectivity index (χ1n) is 10.2. The zero-order chi connectivity index (χ0) is 21.8. The van der Waals surface area contributed by atoms with Gasteiger partial charge in [0.25, 0.3) is 5.91 Å². The Morgan fingerprint density at radius 3 is 2.68 bits per heavy atom. The summed E-state index contributed by atoms with van der Waals surface area (Å²) in [6, 6.07) is 20.5. The van der Waals surface area contributed by atoms with E-state index in [1.807, 2.05) is 36.4 Å². The number of nitrogens with one attached hydrogen (secondary N) is 1. The molecule has 1 amide bonds. The van der Waals surface area contributed by atoms with Crippen molar-refractivity contribution in [1.29, 1.82) is 0 Å². The van der Waals surface area contributed by atoms with E-state index in [-0.39, 0.29) is 12.5 Å². The summed E-state index contributed by atoms with van der Waals surface area (Å²) in [5, 5.41) is 3.45. The van der Waals surface area contributed by atoms with E-state index < -0.39 is 0 Å². The van der Waals surface area contributed by atoms with Gasteiger partial charge in [0.1, 0.15) is 11.3 Å². The van der Waals surface area contributed by atoms with Crippen LogP contribution in [0.5, 0.6) is 5.75 Å². The molecule has 1 aromatic heterocycles. The fraction of sp³-hybridized carbons (Fsp3) is 0.200. The van der Waals surface area contributed by atoms with E-state index in [0.29, 0.717) is 39.4 Å². The summed E-state index contributed by atoms with van der Waals surface area (Å²) in [7, 11) is 0. The van der Waals surface area contributed by atoms with Crippen LogP contribution in [0.25, 0.3) is 22.6 Å². The van der Waals surface area contributed by atoms with Gasteiger partial charge in [0.2, 0.25) is 5.89 Å². The molecule has 0 radical (unpaired) electrons. The Kier molecular flexibility index (Phi) is 6.23. The van der Waals surface area contributed by atoms with Gasteiger partial charge in [-0.05, 0) is 66.4 Å². The molecule has 1 N–H and O–H groups in total. The Balaban J connectivity index is 1.39. The summed E-state index contributed by atoms with van der Waals surface area (Å²) < 4.78 is 11.4. The van der Waals surface area contributed by atoms with E-state index in [0.717, 1.165) is 12.0 Å². The van der Waals surface area contributed by atoms with Gasteiger partial charge < -0.3 is 14.5 Å². The fourth-order valence-electron chi connectivity index (χ4n) is 3.22. The minimum atomic E-state index is -0.246. The second-order valence-electron chi connectivity index (χ2n) is 7.43. The number of benzene rings is 3. The number of hydrogen-bond acceptors (Lipinski definition) is 4. The number of aromatic nitrogens is 1. The number of oxazole rings is 1. The molecule has 0 unspecified atom stereocenters. The first-order chi connectivity index (χ1) is 15.0. The maximum absolute atomic E-state index is 12.3. The molecule has 0 saturated heterocycles. The number of fused-ring (bicyclic) bond motifs is 1. The maximum Gasteiger partial charge on any atom is 0.262 e. The summed E-state index contributed by atoms with van der Waals surface area (Å²) in [5.41, 5.74) is 3.96. The largest absolute Gasteiger partial charge is 0.484 e. The molecule has 6 heteroatoms. The van der Waals surface area contributed by atoms with E-state index in [9.17, 15) is 4.79 Å². The third kappa shape index (κ3) is 5.06. The van der Waals surface area contributed by atoms with Crippen molar-refractivity contribution in [3.8, 4) is 17.2 Å². The highest BCUT2D eigenvalue weighted by Gasteiger charge is 2.11. The van der Waals surface area contributed by atoms with E-state index >= 15 is 0 Å². The van der Waals surface area contributed by atoms with E-state index in [4.69, 9.17) is 20.8 Å². The lowest BCUT2D eigenvalue weighted by molar-refractivity contribution is -0.118. The topological polar surface area (TPSA) is 64.4 Å². The van der Waals surface area contributed by atoms with Gasteiger partial charge in [-0.1, -0.05) is 43.6 Å². The normalized spacial score (nSPS) is 12.0. The lowest BCUT2D eigenvalue weighted by Crippen LogP contribution is -2.20. The zero-order valence-electron chi connectivity index (χ0n) is 17.4. The van der Waals surface area contributed by atoms with Gasteiger partial charge in [-0.15, -0.1) is 0 Å². The van der Waals surface area contributed by atoms with Gasteiger partial charge >= 0.3 is 0 Å². The number of nitrogens with zero attached hydrogens (tertiary/aromatic N) is 1. The van der Waals surface area contributed by atoms with Crippen molar-refractivity contribution in [2.45, 2.75) is 26.2 Å². The van der Waals surface area contributed by atoms with Crippen LogP contribution in [0.3, 0.4) is 0 Å². The molecule has 0 aliphatic carbocycles. The monoisotopic (exact) mass is 434 g/mol. The Labute approximate surface area is 186 Å². The molecule has 0 fully saturated rings. The van der Waals surface area contributed by atoms with Crippen molar-refractivity contribution in [2.24, 2.45) is 0 Å². The maximum atomic E-state index is 12.3. The van der Waals surface area contributed by atoms with Crippen LogP contribution in [0, 0.1) is 0 Å². The van der Waals surface area contributed by atoms with Crippen LogP contribution in [0.1, 0.15) is 31.7 Å². The van der Waals surface area contributed by atoms with Gasteiger partial charge in [0, 0.05) is 16.3 Å². The molecular formula is C25H23ClN2O3. The van der Waals surface area contributed by atoms with Crippen molar-refractivity contribution < 1.29 is 13.9 Å². The van der Waals surface area contributed by atoms with Crippen molar-refractivity contribution in [3.05, 3.63) is 77.3 Å². The molecule has 4 aromatic rings. The van der Waals surface area contributed by atoms with Gasteiger partial charge in [-0.25, -0.2) is 4.98 Å². The Bertz CT molecular complexity index is 1200. The van der Waals surface area contributed by atoms with Crippen LogP contribution in [0.15, 0.2) is 71.1 Å². The highest BCUT2D eigenvalue weighted by molar-refractivity contribution is 6.30. The Morgan fingerprint density at radius 1 is 1.13 bits per heavy atom. The van der Waals surface area contributed by atoms with Crippen molar-refractivity contribution in [3.63, 3.8) is 0 Å². The van der Waals surface area contributed by atoms with E-state index in [2.05, 4.69) is 24.1 Å². The van der Waals surface area contributed by atoms with E-state index in [1.54, 1.807) is 30.3 Å². The van der Waals surface area contributed by atoms with E-state index in [1.165, 1.54) is 5.56 Å². The van der Waals surface area contributed by atoms with Crippen LogP contribution in [-0.2, 0) is 4.79 Å². The predicted molar refractivity (Wildman–Crippen MR) is 124 cm³/mol. The third-order valence-corrected chi connectivity index (χ3v) is 5.41. The van der Waals surface area contributed by atoms with Gasteiger partial charge in [0.05, 0.1) is 0 Å². The highest BCUT2D eigenvalue weighted by atomic mass is 35.5. The van der Waals surface area contributed by atoms with Crippen molar-refractivity contribution in [2.75, 3.05) is 11.9 Å². The molecule has 0 bridgehead atoms. The molecule has 3 aromatic carbocycles. The molecule has 1 heterocycles. The summed E-state index contributed by atoms with van der Waals surface area (Å²) in [5.74, 6) is 1.40. The van der Waals surface area contributed by atoms with Crippen molar-refractivity contribution >= 4 is 34.3 Å². The summed E-state index contributed by atoms with van der Waals surface area (Å²) in [4.78, 5) is 16.8. The predicted octanol–water partition coefficient (Wildman–Crippen LogP) is 6.68. The van der Waals surface area contributed by atoms with Gasteiger partial charge in [-0.3, -0.25) is 4.79 Å². The average molecular weight is 435 g/mol. The minimum Gasteiger partial charge on any atom is -0.484 e. The molecule has 0 saturated carbocycles. The van der Waals surface area contributed by atoms with Crippen LogP contribution in [0.2, 0.25) is 5.02 Å². The van der Waals surface area contributed by atoms with Gasteiger partial charge in [-0.2, -0.15) is 0 Å². The van der Waals surface area contributed by atoms with Crippen molar-refractivity contribution in [1.82, 2.24) is 4.98 Å². The molecule has 158 valence electrons. The summed E-state index contributed by atoms with van der Waals surface area (Å²) >= 11 is 6.05. The quantitative estimate of drug-likeness (QED) is 0.352. The van der Waals surface area contributed by atoms with Crippen LogP contribution >= 0.6 is 11.6 Å². The lowest BCUT2D eigenvalue weighted by Gasteiger charge is -2.11. The molecule has 1 atom stereocenters. The standard InChI is InChI=1S/C25H23ClN2O3/c1-3-16(2)17-7-10-21(11-8-17)30-15-24(29)27-20-9-12-23-22(14-20)28-25(31-23)18-5-4-6-19(26)13-18/h4-14,16H,3,15H2,1-2H3,(H,27,29)/t16-/m1/s1. The SMILES string of the molecule is CC[C@@H](C)c1ccc(OCC(=O)Nc2ccc3oc(-c4cccc(Cl)c4)nc3c2)cc1. The smallest absolute Gasteiger partial charge is 0.262 e.